The summed E-state index contributed by atoms with van der Waals surface area (Å²) in [5.74, 6) is 0.382. The Morgan fingerprint density at radius 2 is 2.37 bits per heavy atom. The molecule has 5 nitrogen and oxygen atoms in total. The molecule has 0 bridgehead atoms. The van der Waals surface area contributed by atoms with E-state index < -0.39 is 6.10 Å². The molecule has 19 heavy (non-hydrogen) atoms. The van der Waals surface area contributed by atoms with Gasteiger partial charge >= 0.3 is 0 Å². The number of nitrogens with zero attached hydrogens (tertiary/aromatic N) is 1. The number of carbonyl (C=O) groups excluding carboxylic acids is 1. The van der Waals surface area contributed by atoms with Crippen molar-refractivity contribution in [3.05, 3.63) is 29.0 Å². The normalized spacial score (nSPS) is 16.1. The van der Waals surface area contributed by atoms with Gasteiger partial charge in [-0.1, -0.05) is 11.6 Å². The van der Waals surface area contributed by atoms with Gasteiger partial charge in [0, 0.05) is 19.3 Å². The highest BCUT2D eigenvalue weighted by atomic mass is 35.5. The summed E-state index contributed by atoms with van der Waals surface area (Å²) in [6, 6.07) is 3.13. The molecule has 0 aliphatic heterocycles. The Hall–Kier alpha value is -1.17. The monoisotopic (exact) mass is 284 g/mol. The van der Waals surface area contributed by atoms with Crippen molar-refractivity contribution in [3.8, 4) is 0 Å². The maximum Gasteiger partial charge on any atom is 0.252 e. The lowest BCUT2D eigenvalue weighted by molar-refractivity contribution is 0.0320. The maximum atomic E-state index is 11.7. The minimum atomic E-state index is -0.692. The second kappa shape index (κ2) is 6.84. The molecule has 2 rings (SSSR count). The zero-order chi connectivity index (χ0) is 13.7. The Bertz CT molecular complexity index is 420. The van der Waals surface area contributed by atoms with Gasteiger partial charge in [-0.05, 0) is 30.9 Å². The van der Waals surface area contributed by atoms with Crippen molar-refractivity contribution < 1.29 is 14.6 Å². The molecule has 0 radical (unpaired) electrons. The summed E-state index contributed by atoms with van der Waals surface area (Å²) in [7, 11) is 0. The summed E-state index contributed by atoms with van der Waals surface area (Å²) in [5, 5.41) is 12.6. The molecular weight excluding hydrogens is 268 g/mol. The zero-order valence-electron chi connectivity index (χ0n) is 10.5. The standard InChI is InChI=1S/C13H17ClN2O3/c14-12-4-3-10(5-15-12)13(18)16-6-11(17)8-19-7-9-1-2-9/h3-5,9,11,17H,1-2,6-8H2,(H,16,18). The highest BCUT2D eigenvalue weighted by Crippen LogP contribution is 2.28. The number of rotatable bonds is 7. The molecule has 1 heterocycles. The number of nitrogens with one attached hydrogen (secondary N) is 1. The largest absolute Gasteiger partial charge is 0.389 e. The van der Waals surface area contributed by atoms with Crippen molar-refractivity contribution in [2.75, 3.05) is 19.8 Å². The molecule has 1 atom stereocenters. The van der Waals surface area contributed by atoms with E-state index in [0.29, 0.717) is 23.2 Å². The summed E-state index contributed by atoms with van der Waals surface area (Å²) in [5.41, 5.74) is 0.412. The van der Waals surface area contributed by atoms with Gasteiger partial charge in [0.05, 0.1) is 18.3 Å². The van der Waals surface area contributed by atoms with E-state index in [0.717, 1.165) is 0 Å². The van der Waals surface area contributed by atoms with Crippen LogP contribution in [-0.2, 0) is 4.74 Å². The van der Waals surface area contributed by atoms with Crippen LogP contribution in [0.15, 0.2) is 18.3 Å². The molecule has 0 saturated heterocycles. The van der Waals surface area contributed by atoms with Gasteiger partial charge in [0.2, 0.25) is 0 Å². The molecule has 1 aromatic rings. The van der Waals surface area contributed by atoms with Gasteiger partial charge in [-0.3, -0.25) is 4.79 Å². The van der Waals surface area contributed by atoms with Crippen molar-refractivity contribution in [2.24, 2.45) is 5.92 Å². The van der Waals surface area contributed by atoms with Crippen molar-refractivity contribution >= 4 is 17.5 Å². The molecule has 6 heteroatoms. The molecule has 0 spiro atoms. The van der Waals surface area contributed by atoms with E-state index >= 15 is 0 Å². The fourth-order valence-corrected chi connectivity index (χ4v) is 1.65. The number of aromatic nitrogens is 1. The van der Waals surface area contributed by atoms with Gasteiger partial charge in [0.25, 0.3) is 5.91 Å². The summed E-state index contributed by atoms with van der Waals surface area (Å²) in [4.78, 5) is 15.5. The van der Waals surface area contributed by atoms with E-state index in [1.165, 1.54) is 19.0 Å². The molecule has 2 N–H and O–H groups in total. The average Bonchev–Trinajstić information content (AvgIpc) is 3.21. The lowest BCUT2D eigenvalue weighted by atomic mass is 10.2. The quantitative estimate of drug-likeness (QED) is 0.739. The van der Waals surface area contributed by atoms with E-state index in [1.54, 1.807) is 12.1 Å². The molecule has 1 fully saturated rings. The van der Waals surface area contributed by atoms with E-state index in [-0.39, 0.29) is 19.1 Å². The first-order chi connectivity index (χ1) is 9.15. The van der Waals surface area contributed by atoms with Crippen LogP contribution in [0.4, 0.5) is 0 Å². The van der Waals surface area contributed by atoms with E-state index in [4.69, 9.17) is 16.3 Å². The van der Waals surface area contributed by atoms with Crippen LogP contribution in [0.3, 0.4) is 0 Å². The van der Waals surface area contributed by atoms with Crippen LogP contribution in [0.1, 0.15) is 23.2 Å². The van der Waals surface area contributed by atoms with Gasteiger partial charge in [-0.2, -0.15) is 0 Å². The first-order valence-corrected chi connectivity index (χ1v) is 6.68. The second-order valence-corrected chi connectivity index (χ2v) is 5.10. The number of aliphatic hydroxyl groups excluding tert-OH is 1. The highest BCUT2D eigenvalue weighted by molar-refractivity contribution is 6.29. The van der Waals surface area contributed by atoms with Crippen LogP contribution in [0.25, 0.3) is 0 Å². The molecule has 1 aliphatic carbocycles. The van der Waals surface area contributed by atoms with Gasteiger partial charge in [-0.25, -0.2) is 4.98 Å². The first-order valence-electron chi connectivity index (χ1n) is 6.30. The molecule has 1 aromatic heterocycles. The van der Waals surface area contributed by atoms with E-state index in [1.807, 2.05) is 0 Å². The third-order valence-corrected chi connectivity index (χ3v) is 3.07. The number of pyridine rings is 1. The van der Waals surface area contributed by atoms with Crippen LogP contribution < -0.4 is 5.32 Å². The SMILES string of the molecule is O=C(NCC(O)COCC1CC1)c1ccc(Cl)nc1. The Morgan fingerprint density at radius 1 is 1.58 bits per heavy atom. The fourth-order valence-electron chi connectivity index (χ4n) is 1.54. The predicted molar refractivity (Wildman–Crippen MR) is 71.1 cm³/mol. The maximum absolute atomic E-state index is 11.7. The molecule has 1 unspecified atom stereocenters. The summed E-state index contributed by atoms with van der Waals surface area (Å²) < 4.78 is 5.34. The smallest absolute Gasteiger partial charge is 0.252 e. The van der Waals surface area contributed by atoms with Crippen LogP contribution in [-0.4, -0.2) is 41.9 Å². The number of hydrogen-bond donors (Lipinski definition) is 2. The number of amides is 1. The third-order valence-electron chi connectivity index (χ3n) is 2.85. The predicted octanol–water partition coefficient (Wildman–Crippen LogP) is 1.25. The van der Waals surface area contributed by atoms with Crippen LogP contribution in [0.2, 0.25) is 5.15 Å². The minimum Gasteiger partial charge on any atom is -0.389 e. The van der Waals surface area contributed by atoms with Crippen LogP contribution in [0.5, 0.6) is 0 Å². The fraction of sp³-hybridized carbons (Fsp3) is 0.538. The Morgan fingerprint density at radius 3 is 3.00 bits per heavy atom. The number of carbonyl (C=O) groups is 1. The van der Waals surface area contributed by atoms with Gasteiger partial charge in [-0.15, -0.1) is 0 Å². The topological polar surface area (TPSA) is 71.5 Å². The first kappa shape index (κ1) is 14.2. The Balaban J connectivity index is 1.65. The highest BCUT2D eigenvalue weighted by Gasteiger charge is 2.21. The molecule has 104 valence electrons. The average molecular weight is 285 g/mol. The van der Waals surface area contributed by atoms with Gasteiger partial charge < -0.3 is 15.2 Å². The molecule has 1 aliphatic rings. The van der Waals surface area contributed by atoms with E-state index in [9.17, 15) is 9.90 Å². The van der Waals surface area contributed by atoms with Crippen molar-refractivity contribution in [1.82, 2.24) is 10.3 Å². The molecule has 1 amide bonds. The van der Waals surface area contributed by atoms with Crippen LogP contribution >= 0.6 is 11.6 Å². The number of aliphatic hydroxyl groups is 1. The van der Waals surface area contributed by atoms with Crippen molar-refractivity contribution in [2.45, 2.75) is 18.9 Å². The Kier molecular flexibility index (Phi) is 5.13. The van der Waals surface area contributed by atoms with Gasteiger partial charge in [0.15, 0.2) is 0 Å². The number of hydrogen-bond acceptors (Lipinski definition) is 4. The molecule has 1 saturated carbocycles. The summed E-state index contributed by atoms with van der Waals surface area (Å²) >= 11 is 5.63. The number of ether oxygens (including phenoxy) is 1. The lowest BCUT2D eigenvalue weighted by Crippen LogP contribution is -2.34. The van der Waals surface area contributed by atoms with Crippen LogP contribution in [0, 0.1) is 5.92 Å². The van der Waals surface area contributed by atoms with Crippen molar-refractivity contribution in [3.63, 3.8) is 0 Å². The third kappa shape index (κ3) is 5.14. The van der Waals surface area contributed by atoms with Crippen molar-refractivity contribution in [1.29, 1.82) is 0 Å². The zero-order valence-corrected chi connectivity index (χ0v) is 11.3. The summed E-state index contributed by atoms with van der Waals surface area (Å²) in [6.07, 6.45) is 3.14. The van der Waals surface area contributed by atoms with Gasteiger partial charge in [0.1, 0.15) is 5.15 Å². The molecule has 0 aromatic carbocycles. The summed E-state index contributed by atoms with van der Waals surface area (Å²) in [6.45, 7) is 1.11. The van der Waals surface area contributed by atoms with E-state index in [2.05, 4.69) is 10.3 Å². The Labute approximate surface area is 116 Å². The second-order valence-electron chi connectivity index (χ2n) is 4.71. The molecular formula is C13H17ClN2O3. The number of halogens is 1. The lowest BCUT2D eigenvalue weighted by Gasteiger charge is -2.12. The minimum absolute atomic E-state index is 0.159.